The highest BCUT2D eigenvalue weighted by Gasteiger charge is 2.23. The van der Waals surface area contributed by atoms with Gasteiger partial charge < -0.3 is 24.4 Å². The molecule has 0 spiro atoms. The summed E-state index contributed by atoms with van der Waals surface area (Å²) < 4.78 is 16.1. The number of amides is 1. The Bertz CT molecular complexity index is 1060. The Morgan fingerprint density at radius 2 is 1.80 bits per heavy atom. The third kappa shape index (κ3) is 3.99. The molecular weight excluding hydrogens is 384 g/mol. The summed E-state index contributed by atoms with van der Waals surface area (Å²) in [5, 5.41) is 4.15. The van der Waals surface area contributed by atoms with Gasteiger partial charge in [-0.05, 0) is 19.1 Å². The van der Waals surface area contributed by atoms with Gasteiger partial charge in [-0.15, -0.1) is 0 Å². The summed E-state index contributed by atoms with van der Waals surface area (Å²) >= 11 is 0. The van der Waals surface area contributed by atoms with Crippen LogP contribution in [0.15, 0.2) is 36.5 Å². The van der Waals surface area contributed by atoms with Crippen LogP contribution in [0.5, 0.6) is 11.5 Å². The zero-order valence-electron chi connectivity index (χ0n) is 17.3. The second kappa shape index (κ2) is 8.54. The second-order valence-corrected chi connectivity index (χ2v) is 7.00. The number of anilines is 2. The van der Waals surface area contributed by atoms with Crippen molar-refractivity contribution >= 4 is 28.3 Å². The van der Waals surface area contributed by atoms with Gasteiger partial charge in [0.1, 0.15) is 11.5 Å². The first kappa shape index (κ1) is 19.9. The molecule has 1 amide bonds. The molecule has 156 valence electrons. The number of carbonyl (C=O) groups is 1. The van der Waals surface area contributed by atoms with Crippen molar-refractivity contribution in [2.24, 2.45) is 0 Å². The van der Waals surface area contributed by atoms with Crippen LogP contribution >= 0.6 is 0 Å². The highest BCUT2D eigenvalue weighted by molar-refractivity contribution is 6.07. The number of nitrogens with one attached hydrogen (secondary N) is 1. The van der Waals surface area contributed by atoms with Crippen LogP contribution in [0.3, 0.4) is 0 Å². The number of aromatic nitrogens is 2. The molecule has 0 unspecified atom stereocenters. The molecule has 0 atom stereocenters. The zero-order valence-corrected chi connectivity index (χ0v) is 17.3. The van der Waals surface area contributed by atoms with Gasteiger partial charge in [-0.1, -0.05) is 0 Å². The van der Waals surface area contributed by atoms with Crippen LogP contribution < -0.4 is 14.8 Å². The van der Waals surface area contributed by atoms with E-state index in [1.165, 1.54) is 0 Å². The molecule has 0 bridgehead atoms. The number of benzene rings is 1. The number of ether oxygens (including phenoxy) is 3. The Labute approximate surface area is 174 Å². The Morgan fingerprint density at radius 1 is 1.10 bits per heavy atom. The van der Waals surface area contributed by atoms with Gasteiger partial charge in [0.25, 0.3) is 5.91 Å². The topological polar surface area (TPSA) is 85.8 Å². The lowest BCUT2D eigenvalue weighted by molar-refractivity contribution is 0.0303. The highest BCUT2D eigenvalue weighted by Crippen LogP contribution is 2.33. The number of hydrogen-bond donors (Lipinski definition) is 1. The van der Waals surface area contributed by atoms with Gasteiger partial charge in [-0.25, -0.2) is 9.97 Å². The van der Waals surface area contributed by atoms with Gasteiger partial charge in [0, 0.05) is 54.3 Å². The van der Waals surface area contributed by atoms with E-state index in [1.54, 1.807) is 31.4 Å². The molecule has 30 heavy (non-hydrogen) atoms. The molecule has 1 N–H and O–H groups in total. The summed E-state index contributed by atoms with van der Waals surface area (Å²) in [5.41, 5.74) is 3.30. The summed E-state index contributed by atoms with van der Waals surface area (Å²) in [4.78, 5) is 24.0. The van der Waals surface area contributed by atoms with Crippen LogP contribution in [0.2, 0.25) is 0 Å². The predicted octanol–water partition coefficient (Wildman–Crippen LogP) is 3.17. The van der Waals surface area contributed by atoms with Crippen molar-refractivity contribution in [1.29, 1.82) is 0 Å². The lowest BCUT2D eigenvalue weighted by Gasteiger charge is -2.27. The SMILES string of the molecule is COc1cc(Nc2c(C(=O)N3CCOCC3)cnc3nc(C)ccc23)cc(OC)c1. The largest absolute Gasteiger partial charge is 0.497 e. The molecule has 8 heteroatoms. The van der Waals surface area contributed by atoms with Crippen LogP contribution in [0, 0.1) is 6.92 Å². The fourth-order valence-corrected chi connectivity index (χ4v) is 3.43. The maximum Gasteiger partial charge on any atom is 0.257 e. The molecule has 1 fully saturated rings. The van der Waals surface area contributed by atoms with Crippen molar-refractivity contribution in [3.8, 4) is 11.5 Å². The number of morpholine rings is 1. The van der Waals surface area contributed by atoms with E-state index >= 15 is 0 Å². The van der Waals surface area contributed by atoms with Gasteiger partial charge in [-0.2, -0.15) is 0 Å². The van der Waals surface area contributed by atoms with E-state index in [0.29, 0.717) is 54.7 Å². The molecule has 1 saturated heterocycles. The minimum Gasteiger partial charge on any atom is -0.497 e. The van der Waals surface area contributed by atoms with Gasteiger partial charge >= 0.3 is 0 Å². The molecule has 1 aliphatic heterocycles. The van der Waals surface area contributed by atoms with Crippen molar-refractivity contribution in [3.63, 3.8) is 0 Å². The molecule has 8 nitrogen and oxygen atoms in total. The minimum absolute atomic E-state index is 0.0920. The Balaban J connectivity index is 1.82. The molecular formula is C22H24N4O4. The monoisotopic (exact) mass is 408 g/mol. The van der Waals surface area contributed by atoms with Crippen LogP contribution in [0.1, 0.15) is 16.1 Å². The maximum absolute atomic E-state index is 13.3. The van der Waals surface area contributed by atoms with Crippen molar-refractivity contribution in [1.82, 2.24) is 14.9 Å². The second-order valence-electron chi connectivity index (χ2n) is 7.00. The zero-order chi connectivity index (χ0) is 21.1. The van der Waals surface area contributed by atoms with E-state index < -0.39 is 0 Å². The lowest BCUT2D eigenvalue weighted by atomic mass is 10.1. The van der Waals surface area contributed by atoms with Crippen LogP contribution in [-0.4, -0.2) is 61.3 Å². The number of methoxy groups -OCH3 is 2. The van der Waals surface area contributed by atoms with Crippen LogP contribution in [0.25, 0.3) is 11.0 Å². The van der Waals surface area contributed by atoms with Gasteiger partial charge in [-0.3, -0.25) is 4.79 Å². The minimum atomic E-state index is -0.0920. The fourth-order valence-electron chi connectivity index (χ4n) is 3.43. The molecule has 0 radical (unpaired) electrons. The molecule has 2 aromatic heterocycles. The van der Waals surface area contributed by atoms with Crippen molar-refractivity contribution in [2.45, 2.75) is 6.92 Å². The first-order valence-corrected chi connectivity index (χ1v) is 9.72. The average Bonchev–Trinajstić information content (AvgIpc) is 2.79. The standard InChI is InChI=1S/C22H24N4O4/c1-14-4-5-18-20(25-15-10-16(28-2)12-17(11-15)29-3)19(13-23-21(18)24-14)22(27)26-6-8-30-9-7-26/h4-5,10-13H,6-9H2,1-3H3,(H,23,24,25). The number of pyridine rings is 2. The smallest absolute Gasteiger partial charge is 0.257 e. The number of fused-ring (bicyclic) bond motifs is 1. The van der Waals surface area contributed by atoms with E-state index in [1.807, 2.05) is 31.2 Å². The number of hydrogen-bond acceptors (Lipinski definition) is 7. The summed E-state index contributed by atoms with van der Waals surface area (Å²) in [7, 11) is 3.20. The lowest BCUT2D eigenvalue weighted by Crippen LogP contribution is -2.41. The summed E-state index contributed by atoms with van der Waals surface area (Å²) in [5.74, 6) is 1.20. The van der Waals surface area contributed by atoms with Gasteiger partial charge in [0.2, 0.25) is 0 Å². The summed E-state index contributed by atoms with van der Waals surface area (Å²) in [6.07, 6.45) is 1.59. The predicted molar refractivity (Wildman–Crippen MR) is 114 cm³/mol. The summed E-state index contributed by atoms with van der Waals surface area (Å²) in [6.45, 7) is 4.07. The quantitative estimate of drug-likeness (QED) is 0.694. The van der Waals surface area contributed by atoms with Crippen molar-refractivity contribution in [2.75, 3.05) is 45.8 Å². The highest BCUT2D eigenvalue weighted by atomic mass is 16.5. The fraction of sp³-hybridized carbons (Fsp3) is 0.318. The molecule has 0 aliphatic carbocycles. The van der Waals surface area contributed by atoms with E-state index in [2.05, 4.69) is 15.3 Å². The van der Waals surface area contributed by atoms with Crippen LogP contribution in [0.4, 0.5) is 11.4 Å². The first-order valence-electron chi connectivity index (χ1n) is 9.72. The number of aryl methyl sites for hydroxylation is 1. The molecule has 0 saturated carbocycles. The molecule has 3 aromatic rings. The first-order chi connectivity index (χ1) is 14.6. The number of rotatable bonds is 5. The molecule has 1 aromatic carbocycles. The van der Waals surface area contributed by atoms with Crippen molar-refractivity contribution in [3.05, 3.63) is 47.8 Å². The van der Waals surface area contributed by atoms with Crippen molar-refractivity contribution < 1.29 is 19.0 Å². The van der Waals surface area contributed by atoms with Gasteiger partial charge in [0.05, 0.1) is 38.7 Å². The van der Waals surface area contributed by atoms with E-state index in [-0.39, 0.29) is 5.91 Å². The maximum atomic E-state index is 13.3. The van der Waals surface area contributed by atoms with Gasteiger partial charge in [0.15, 0.2) is 5.65 Å². The van der Waals surface area contributed by atoms with Crippen LogP contribution in [-0.2, 0) is 4.74 Å². The molecule has 3 heterocycles. The Morgan fingerprint density at radius 3 is 2.47 bits per heavy atom. The third-order valence-corrected chi connectivity index (χ3v) is 5.02. The molecule has 4 rings (SSSR count). The Hall–Kier alpha value is -3.39. The summed E-state index contributed by atoms with van der Waals surface area (Å²) in [6, 6.07) is 9.32. The average molecular weight is 408 g/mol. The third-order valence-electron chi connectivity index (χ3n) is 5.02. The molecule has 1 aliphatic rings. The normalized spacial score (nSPS) is 13.9. The van der Waals surface area contributed by atoms with E-state index in [9.17, 15) is 4.79 Å². The van der Waals surface area contributed by atoms with E-state index in [0.717, 1.165) is 16.8 Å². The van der Waals surface area contributed by atoms with E-state index in [4.69, 9.17) is 14.2 Å². The number of carbonyl (C=O) groups excluding carboxylic acids is 1. The Kier molecular flexibility index (Phi) is 5.67. The number of nitrogens with zero attached hydrogens (tertiary/aromatic N) is 3.